The van der Waals surface area contributed by atoms with Gasteiger partial charge in [-0.2, -0.15) is 0 Å². The van der Waals surface area contributed by atoms with E-state index >= 15 is 0 Å². The Kier molecular flexibility index (Phi) is 5.91. The van der Waals surface area contributed by atoms with Gasteiger partial charge in [0.15, 0.2) is 0 Å². The van der Waals surface area contributed by atoms with Crippen molar-refractivity contribution >= 4 is 16.9 Å². The molecule has 1 aromatic heterocycles. The van der Waals surface area contributed by atoms with Crippen LogP contribution in [0.4, 0.5) is 0 Å². The molecule has 0 bridgehead atoms. The Hall–Kier alpha value is -1.95. The van der Waals surface area contributed by atoms with Crippen LogP contribution in [0.2, 0.25) is 0 Å². The second-order valence-corrected chi connectivity index (χ2v) is 8.01. The zero-order chi connectivity index (χ0) is 18.7. The van der Waals surface area contributed by atoms with E-state index in [0.29, 0.717) is 30.1 Å². The Morgan fingerprint density at radius 3 is 2.65 bits per heavy atom. The van der Waals surface area contributed by atoms with Gasteiger partial charge in [-0.05, 0) is 51.1 Å². The van der Waals surface area contributed by atoms with E-state index in [9.17, 15) is 4.79 Å². The van der Waals surface area contributed by atoms with Crippen molar-refractivity contribution in [1.82, 2.24) is 25.2 Å². The number of amides is 1. The summed E-state index contributed by atoms with van der Waals surface area (Å²) in [6.45, 7) is 4.98. The number of rotatable bonds is 6. The number of hydrogen-bond donors (Lipinski definition) is 1. The molecule has 0 aliphatic heterocycles. The third-order valence-electron chi connectivity index (χ3n) is 5.56. The fourth-order valence-corrected chi connectivity index (χ4v) is 3.99. The number of carbonyl (C=O) groups is 1. The third-order valence-corrected chi connectivity index (χ3v) is 5.56. The molecule has 1 saturated carbocycles. The molecule has 1 aliphatic carbocycles. The second-order valence-electron chi connectivity index (χ2n) is 8.01. The molecule has 0 unspecified atom stereocenters. The van der Waals surface area contributed by atoms with Gasteiger partial charge in [-0.15, -0.1) is 5.10 Å². The average Bonchev–Trinajstić information content (AvgIpc) is 3.05. The molecule has 6 nitrogen and oxygen atoms in total. The highest BCUT2D eigenvalue weighted by molar-refractivity contribution is 5.97. The van der Waals surface area contributed by atoms with Crippen LogP contribution in [-0.4, -0.2) is 52.5 Å². The molecule has 1 aliphatic rings. The highest BCUT2D eigenvalue weighted by atomic mass is 16.1. The zero-order valence-corrected chi connectivity index (χ0v) is 16.4. The first-order valence-electron chi connectivity index (χ1n) is 9.77. The maximum Gasteiger partial charge on any atom is 0.251 e. The van der Waals surface area contributed by atoms with E-state index in [1.54, 1.807) is 0 Å². The van der Waals surface area contributed by atoms with Crippen molar-refractivity contribution in [2.75, 3.05) is 20.6 Å². The van der Waals surface area contributed by atoms with Crippen LogP contribution in [0, 0.1) is 5.92 Å². The van der Waals surface area contributed by atoms with Crippen molar-refractivity contribution in [3.8, 4) is 0 Å². The molecule has 1 aromatic carbocycles. The third kappa shape index (κ3) is 4.06. The SMILES string of the molecule is CC(C)[C@@H](CNC(=O)c1ccc2c(c1)nnn2C1CCCCC1)N(C)C. The monoisotopic (exact) mass is 357 g/mol. The van der Waals surface area contributed by atoms with Gasteiger partial charge < -0.3 is 10.2 Å². The Morgan fingerprint density at radius 1 is 1.27 bits per heavy atom. The summed E-state index contributed by atoms with van der Waals surface area (Å²) in [6, 6.07) is 6.50. The molecule has 0 saturated heterocycles. The average molecular weight is 358 g/mol. The maximum atomic E-state index is 12.6. The predicted molar refractivity (Wildman–Crippen MR) is 104 cm³/mol. The van der Waals surface area contributed by atoms with Gasteiger partial charge in [0.1, 0.15) is 5.52 Å². The molecule has 1 heterocycles. The molecule has 3 rings (SSSR count). The minimum Gasteiger partial charge on any atom is -0.350 e. The van der Waals surface area contributed by atoms with Crippen molar-refractivity contribution in [2.24, 2.45) is 5.92 Å². The molecule has 6 heteroatoms. The summed E-state index contributed by atoms with van der Waals surface area (Å²) in [5, 5.41) is 11.7. The van der Waals surface area contributed by atoms with Crippen molar-refractivity contribution in [3.63, 3.8) is 0 Å². The second kappa shape index (κ2) is 8.16. The smallest absolute Gasteiger partial charge is 0.251 e. The number of benzene rings is 1. The van der Waals surface area contributed by atoms with E-state index in [2.05, 4.69) is 39.1 Å². The van der Waals surface area contributed by atoms with Gasteiger partial charge in [0.05, 0.1) is 11.6 Å². The predicted octanol–water partition coefficient (Wildman–Crippen LogP) is 3.25. The molecule has 1 N–H and O–H groups in total. The lowest BCUT2D eigenvalue weighted by atomic mass is 9.95. The summed E-state index contributed by atoms with van der Waals surface area (Å²) in [5.74, 6) is 0.426. The van der Waals surface area contributed by atoms with E-state index in [4.69, 9.17) is 0 Å². The zero-order valence-electron chi connectivity index (χ0n) is 16.4. The van der Waals surface area contributed by atoms with Crippen LogP contribution in [0.25, 0.3) is 11.0 Å². The van der Waals surface area contributed by atoms with Crippen LogP contribution in [0.1, 0.15) is 62.4 Å². The van der Waals surface area contributed by atoms with Crippen LogP contribution in [0.15, 0.2) is 18.2 Å². The molecule has 26 heavy (non-hydrogen) atoms. The van der Waals surface area contributed by atoms with Gasteiger partial charge in [0.25, 0.3) is 5.91 Å². The lowest BCUT2D eigenvalue weighted by Crippen LogP contribution is -2.43. The largest absolute Gasteiger partial charge is 0.350 e. The molecular formula is C20H31N5O. The summed E-state index contributed by atoms with van der Waals surface area (Å²) >= 11 is 0. The number of fused-ring (bicyclic) bond motifs is 1. The van der Waals surface area contributed by atoms with E-state index in [0.717, 1.165) is 11.0 Å². The summed E-state index contributed by atoms with van der Waals surface area (Å²) in [6.07, 6.45) is 6.17. The van der Waals surface area contributed by atoms with Crippen molar-refractivity contribution in [2.45, 2.75) is 58.0 Å². The summed E-state index contributed by atoms with van der Waals surface area (Å²) in [7, 11) is 4.10. The van der Waals surface area contributed by atoms with Crippen molar-refractivity contribution in [3.05, 3.63) is 23.8 Å². The number of hydrogen-bond acceptors (Lipinski definition) is 4. The summed E-state index contributed by atoms with van der Waals surface area (Å²) in [5.41, 5.74) is 2.48. The Bertz CT molecular complexity index is 738. The maximum absolute atomic E-state index is 12.6. The van der Waals surface area contributed by atoms with Crippen LogP contribution in [0.5, 0.6) is 0 Å². The fourth-order valence-electron chi connectivity index (χ4n) is 3.99. The first-order chi connectivity index (χ1) is 12.5. The topological polar surface area (TPSA) is 63.1 Å². The minimum absolute atomic E-state index is 0.0494. The van der Waals surface area contributed by atoms with Gasteiger partial charge in [-0.25, -0.2) is 4.68 Å². The molecule has 0 radical (unpaired) electrons. The number of nitrogens with one attached hydrogen (secondary N) is 1. The standard InChI is InChI=1S/C20H31N5O/c1-14(2)19(24(3)4)13-21-20(26)15-10-11-18-17(12-15)22-23-25(18)16-8-6-5-7-9-16/h10-12,14,16,19H,5-9,13H2,1-4H3,(H,21,26)/t19-/m1/s1. The number of carbonyl (C=O) groups excluding carboxylic acids is 1. The lowest BCUT2D eigenvalue weighted by molar-refractivity contribution is 0.0935. The van der Waals surface area contributed by atoms with E-state index < -0.39 is 0 Å². The van der Waals surface area contributed by atoms with E-state index in [1.807, 2.05) is 32.3 Å². The van der Waals surface area contributed by atoms with Crippen molar-refractivity contribution in [1.29, 1.82) is 0 Å². The normalized spacial score (nSPS) is 17.2. The van der Waals surface area contributed by atoms with Crippen LogP contribution in [-0.2, 0) is 0 Å². The van der Waals surface area contributed by atoms with Crippen LogP contribution >= 0.6 is 0 Å². The van der Waals surface area contributed by atoms with Gasteiger partial charge >= 0.3 is 0 Å². The highest BCUT2D eigenvalue weighted by Crippen LogP contribution is 2.29. The molecule has 1 fully saturated rings. The van der Waals surface area contributed by atoms with Gasteiger partial charge in [0.2, 0.25) is 0 Å². The highest BCUT2D eigenvalue weighted by Gasteiger charge is 2.20. The molecule has 0 spiro atoms. The van der Waals surface area contributed by atoms with Gasteiger partial charge in [-0.3, -0.25) is 4.79 Å². The van der Waals surface area contributed by atoms with Gasteiger partial charge in [0, 0.05) is 18.2 Å². The summed E-state index contributed by atoms with van der Waals surface area (Å²) in [4.78, 5) is 14.7. The van der Waals surface area contributed by atoms with Crippen LogP contribution in [0.3, 0.4) is 0 Å². The molecular weight excluding hydrogens is 326 g/mol. The Morgan fingerprint density at radius 2 is 2.00 bits per heavy atom. The molecule has 2 aromatic rings. The number of aromatic nitrogens is 3. The minimum atomic E-state index is -0.0494. The van der Waals surface area contributed by atoms with Gasteiger partial charge in [-0.1, -0.05) is 38.3 Å². The molecule has 142 valence electrons. The van der Waals surface area contributed by atoms with Crippen LogP contribution < -0.4 is 5.32 Å². The first kappa shape index (κ1) is 18.8. The number of likely N-dealkylation sites (N-methyl/N-ethyl adjacent to an activating group) is 1. The Labute approximate surface area is 155 Å². The summed E-state index contributed by atoms with van der Waals surface area (Å²) < 4.78 is 2.05. The first-order valence-corrected chi connectivity index (χ1v) is 9.77. The fraction of sp³-hybridized carbons (Fsp3) is 0.650. The number of nitrogens with zero attached hydrogens (tertiary/aromatic N) is 4. The van der Waals surface area contributed by atoms with Crippen molar-refractivity contribution < 1.29 is 4.79 Å². The molecule has 1 amide bonds. The lowest BCUT2D eigenvalue weighted by Gasteiger charge is -2.28. The Balaban J connectivity index is 1.71. The van der Waals surface area contributed by atoms with E-state index in [1.165, 1.54) is 32.1 Å². The quantitative estimate of drug-likeness (QED) is 0.862. The molecule has 1 atom stereocenters. The van der Waals surface area contributed by atoms with E-state index in [-0.39, 0.29) is 5.91 Å².